The van der Waals surface area contributed by atoms with Crippen molar-refractivity contribution in [3.05, 3.63) is 0 Å². The Morgan fingerprint density at radius 1 is 1.20 bits per heavy atom. The molecule has 3 N–H and O–H groups in total. The van der Waals surface area contributed by atoms with E-state index in [0.717, 1.165) is 6.42 Å². The third-order valence-corrected chi connectivity index (χ3v) is 6.15. The molecule has 1 atom stereocenters. The van der Waals surface area contributed by atoms with Crippen LogP contribution in [-0.4, -0.2) is 40.7 Å². The summed E-state index contributed by atoms with van der Waals surface area (Å²) < 4.78 is 17.8. The zero-order chi connectivity index (χ0) is 15.6. The Balaban J connectivity index is 4.60. The molecule has 120 valence electrons. The summed E-state index contributed by atoms with van der Waals surface area (Å²) in [6.07, 6.45) is 0.795. The predicted molar refractivity (Wildman–Crippen MR) is 81.4 cm³/mol. The summed E-state index contributed by atoms with van der Waals surface area (Å²) in [7, 11) is -2.69. The van der Waals surface area contributed by atoms with Crippen LogP contribution in [0.4, 0.5) is 4.79 Å². The average Bonchev–Trinajstić information content (AvgIpc) is 2.35. The Hall–Kier alpha value is -0.633. The van der Waals surface area contributed by atoms with E-state index in [1.165, 1.54) is 0 Å². The van der Waals surface area contributed by atoms with Gasteiger partial charge >= 0.3 is 14.8 Å². The van der Waals surface area contributed by atoms with Gasteiger partial charge in [0, 0.05) is 31.9 Å². The smallest absolute Gasteiger partial charge is 0.374 e. The summed E-state index contributed by atoms with van der Waals surface area (Å²) in [5, 5.41) is 2.57. The van der Waals surface area contributed by atoms with E-state index in [4.69, 9.17) is 19.0 Å². The maximum Gasteiger partial charge on any atom is 0.501 e. The topological polar surface area (TPSA) is 82.8 Å². The van der Waals surface area contributed by atoms with Gasteiger partial charge in [0.2, 0.25) is 0 Å². The van der Waals surface area contributed by atoms with Crippen LogP contribution in [0.25, 0.3) is 0 Å². The van der Waals surface area contributed by atoms with Gasteiger partial charge in [-0.25, -0.2) is 4.79 Å². The van der Waals surface area contributed by atoms with Gasteiger partial charge < -0.3 is 24.3 Å². The third kappa shape index (κ3) is 7.84. The number of carbonyl (C=O) groups is 1. The van der Waals surface area contributed by atoms with Crippen molar-refractivity contribution >= 4 is 14.8 Å². The molecule has 0 spiro atoms. The highest BCUT2D eigenvalue weighted by molar-refractivity contribution is 6.60. The molecule has 0 aliphatic rings. The molecule has 1 unspecified atom stereocenters. The first kappa shape index (κ1) is 19.4. The highest BCUT2D eigenvalue weighted by atomic mass is 28.4. The Labute approximate surface area is 123 Å². The molecule has 0 saturated carbocycles. The van der Waals surface area contributed by atoms with Crippen LogP contribution in [0, 0.1) is 5.92 Å². The molecule has 0 aliphatic heterocycles. The quantitative estimate of drug-likeness (QED) is 0.452. The number of nitrogens with one attached hydrogen (secondary N) is 1. The van der Waals surface area contributed by atoms with E-state index in [9.17, 15) is 4.79 Å². The fourth-order valence-electron chi connectivity index (χ4n) is 1.69. The minimum absolute atomic E-state index is 0.0730. The number of hydrogen-bond acceptors (Lipinski definition) is 4. The molecular formula is C13H30N2O4Si. The van der Waals surface area contributed by atoms with E-state index in [1.807, 2.05) is 20.8 Å². The molecular weight excluding hydrogens is 276 g/mol. The molecule has 0 aromatic rings. The van der Waals surface area contributed by atoms with Crippen molar-refractivity contribution in [3.8, 4) is 0 Å². The lowest BCUT2D eigenvalue weighted by Gasteiger charge is -2.33. The van der Waals surface area contributed by atoms with E-state index in [0.29, 0.717) is 31.7 Å². The summed E-state index contributed by atoms with van der Waals surface area (Å²) in [6.45, 7) is 11.7. The molecule has 0 rings (SSSR count). The molecule has 6 nitrogen and oxygen atoms in total. The van der Waals surface area contributed by atoms with Crippen LogP contribution >= 0.6 is 0 Å². The number of amides is 2. The zero-order valence-corrected chi connectivity index (χ0v) is 14.4. The molecule has 0 bridgehead atoms. The molecule has 2 amide bonds. The molecule has 0 saturated heterocycles. The Morgan fingerprint density at radius 3 is 2.15 bits per heavy atom. The summed E-state index contributed by atoms with van der Waals surface area (Å²) in [6, 6.07) is 0.160. The van der Waals surface area contributed by atoms with Gasteiger partial charge in [-0.1, -0.05) is 13.8 Å². The van der Waals surface area contributed by atoms with Gasteiger partial charge in [-0.05, 0) is 33.1 Å². The van der Waals surface area contributed by atoms with Crippen LogP contribution < -0.4 is 11.1 Å². The lowest BCUT2D eigenvalue weighted by Crippen LogP contribution is -2.49. The minimum Gasteiger partial charge on any atom is -0.374 e. The second-order valence-corrected chi connectivity index (χ2v) is 7.69. The number of nitrogens with two attached hydrogens (primary N) is 1. The first-order valence-corrected chi connectivity index (χ1v) is 9.29. The standard InChI is InChI=1S/C13H30N2O4Si/c1-6-17-20(18-7-2,19-12(5)11(3)4)10-8-9-15-13(14)16/h11-12H,6-10H2,1-5H3,(H3,14,15,16). The number of rotatable bonds is 11. The van der Waals surface area contributed by atoms with Gasteiger partial charge in [0.1, 0.15) is 0 Å². The van der Waals surface area contributed by atoms with Gasteiger partial charge in [0.25, 0.3) is 0 Å². The molecule has 0 aliphatic carbocycles. The van der Waals surface area contributed by atoms with Crippen LogP contribution in [0.5, 0.6) is 0 Å². The first-order valence-electron chi connectivity index (χ1n) is 7.35. The van der Waals surface area contributed by atoms with Crippen LogP contribution in [0.15, 0.2) is 0 Å². The predicted octanol–water partition coefficient (Wildman–Crippen LogP) is 2.12. The zero-order valence-electron chi connectivity index (χ0n) is 13.4. The molecule has 20 heavy (non-hydrogen) atoms. The number of hydrogen-bond donors (Lipinski definition) is 2. The van der Waals surface area contributed by atoms with Crippen molar-refractivity contribution in [3.63, 3.8) is 0 Å². The highest BCUT2D eigenvalue weighted by Crippen LogP contribution is 2.22. The number of carbonyl (C=O) groups excluding carboxylic acids is 1. The van der Waals surface area contributed by atoms with Gasteiger partial charge in [-0.15, -0.1) is 0 Å². The summed E-state index contributed by atoms with van der Waals surface area (Å²) >= 11 is 0. The largest absolute Gasteiger partial charge is 0.501 e. The second-order valence-electron chi connectivity index (χ2n) is 5.01. The van der Waals surface area contributed by atoms with E-state index in [2.05, 4.69) is 19.2 Å². The maximum absolute atomic E-state index is 10.7. The van der Waals surface area contributed by atoms with Crippen LogP contribution in [0.1, 0.15) is 41.0 Å². The van der Waals surface area contributed by atoms with Gasteiger partial charge in [0.05, 0.1) is 0 Å². The summed E-state index contributed by atoms with van der Waals surface area (Å²) in [5.41, 5.74) is 5.05. The minimum atomic E-state index is -2.69. The van der Waals surface area contributed by atoms with Crippen molar-refractivity contribution in [2.75, 3.05) is 19.8 Å². The van der Waals surface area contributed by atoms with Crippen LogP contribution in [-0.2, 0) is 13.3 Å². The molecule has 0 radical (unpaired) electrons. The van der Waals surface area contributed by atoms with Gasteiger partial charge in [0.15, 0.2) is 0 Å². The number of primary amides is 1. The van der Waals surface area contributed by atoms with Crippen molar-refractivity contribution in [2.45, 2.75) is 53.2 Å². The molecule has 7 heteroatoms. The molecule has 0 aromatic heterocycles. The molecule has 0 fully saturated rings. The van der Waals surface area contributed by atoms with Crippen molar-refractivity contribution in [2.24, 2.45) is 11.7 Å². The van der Waals surface area contributed by atoms with Crippen molar-refractivity contribution in [1.82, 2.24) is 5.32 Å². The lowest BCUT2D eigenvalue weighted by atomic mass is 10.1. The fourth-order valence-corrected chi connectivity index (χ4v) is 4.64. The maximum atomic E-state index is 10.7. The van der Waals surface area contributed by atoms with Crippen LogP contribution in [0.3, 0.4) is 0 Å². The fraction of sp³-hybridized carbons (Fsp3) is 0.923. The van der Waals surface area contributed by atoms with Gasteiger partial charge in [-0.2, -0.15) is 0 Å². The molecule has 0 heterocycles. The average molecular weight is 306 g/mol. The Bertz CT molecular complexity index is 271. The summed E-state index contributed by atoms with van der Waals surface area (Å²) in [5.74, 6) is 0.395. The third-order valence-electron chi connectivity index (χ3n) is 2.99. The lowest BCUT2D eigenvalue weighted by molar-refractivity contribution is 0.0222. The molecule has 0 aromatic carbocycles. The highest BCUT2D eigenvalue weighted by Gasteiger charge is 2.42. The van der Waals surface area contributed by atoms with Crippen molar-refractivity contribution < 1.29 is 18.1 Å². The summed E-state index contributed by atoms with van der Waals surface area (Å²) in [4.78, 5) is 10.7. The normalized spacial score (nSPS) is 13.5. The van der Waals surface area contributed by atoms with E-state index < -0.39 is 14.8 Å². The first-order chi connectivity index (χ1) is 9.37. The van der Waals surface area contributed by atoms with Crippen LogP contribution in [0.2, 0.25) is 6.04 Å². The monoisotopic (exact) mass is 306 g/mol. The second kappa shape index (κ2) is 10.1. The Morgan fingerprint density at radius 2 is 1.75 bits per heavy atom. The van der Waals surface area contributed by atoms with E-state index in [-0.39, 0.29) is 6.10 Å². The van der Waals surface area contributed by atoms with Gasteiger partial charge in [-0.3, -0.25) is 0 Å². The van der Waals surface area contributed by atoms with E-state index >= 15 is 0 Å². The van der Waals surface area contributed by atoms with E-state index in [1.54, 1.807) is 0 Å². The van der Waals surface area contributed by atoms with Crippen molar-refractivity contribution in [1.29, 1.82) is 0 Å². The number of urea groups is 1. The SMILES string of the molecule is CCO[Si](CCCNC(N)=O)(OCC)OC(C)C(C)C. The Kier molecular flexibility index (Phi) is 9.82.